The molecule has 90 valence electrons. The van der Waals surface area contributed by atoms with E-state index in [2.05, 4.69) is 30.9 Å². The zero-order valence-corrected chi connectivity index (χ0v) is 11.8. The fourth-order valence-corrected chi connectivity index (χ4v) is 2.49. The average molecular weight is 324 g/mol. The number of rotatable bonds is 1. The molecule has 18 heavy (non-hydrogen) atoms. The van der Waals surface area contributed by atoms with Gasteiger partial charge in [0.05, 0.1) is 0 Å². The number of imidazole rings is 1. The number of halogens is 2. The normalized spacial score (nSPS) is 11.1. The number of aromatic nitrogens is 4. The van der Waals surface area contributed by atoms with E-state index in [1.54, 1.807) is 13.3 Å². The number of nitrogens with zero attached hydrogens (tertiary/aromatic N) is 4. The van der Waals surface area contributed by atoms with Gasteiger partial charge in [-0.25, -0.2) is 15.0 Å². The smallest absolute Gasteiger partial charge is 0.182 e. The van der Waals surface area contributed by atoms with Crippen LogP contribution in [0.5, 0.6) is 0 Å². The second-order valence-electron chi connectivity index (χ2n) is 3.83. The second kappa shape index (κ2) is 4.33. The molecule has 3 aromatic rings. The summed E-state index contributed by atoms with van der Waals surface area (Å²) >= 11 is 9.62. The van der Waals surface area contributed by atoms with E-state index in [-0.39, 0.29) is 0 Å². The van der Waals surface area contributed by atoms with E-state index >= 15 is 0 Å². The molecule has 0 aliphatic rings. The molecule has 2 aromatic heterocycles. The van der Waals surface area contributed by atoms with Crippen LogP contribution in [0.15, 0.2) is 35.1 Å². The zero-order valence-electron chi connectivity index (χ0n) is 9.43. The van der Waals surface area contributed by atoms with Gasteiger partial charge in [-0.1, -0.05) is 33.6 Å². The van der Waals surface area contributed by atoms with Crippen LogP contribution in [0.1, 0.15) is 5.82 Å². The molecule has 0 radical (unpaired) electrons. The van der Waals surface area contributed by atoms with Crippen molar-refractivity contribution in [2.75, 3.05) is 0 Å². The molecule has 2 heterocycles. The summed E-state index contributed by atoms with van der Waals surface area (Å²) in [5.74, 6) is 0.618. The van der Waals surface area contributed by atoms with Gasteiger partial charge in [-0.3, -0.25) is 4.57 Å². The predicted octanol–water partition coefficient (Wildman–Crippen LogP) is 3.54. The van der Waals surface area contributed by atoms with Crippen LogP contribution < -0.4 is 0 Å². The summed E-state index contributed by atoms with van der Waals surface area (Å²) in [7, 11) is 0. The van der Waals surface area contributed by atoms with Crippen molar-refractivity contribution < 1.29 is 0 Å². The Labute approximate surface area is 117 Å². The first-order valence-corrected chi connectivity index (χ1v) is 6.45. The lowest BCUT2D eigenvalue weighted by Crippen LogP contribution is -1.95. The summed E-state index contributed by atoms with van der Waals surface area (Å²) in [6.07, 6.45) is 1.70. The van der Waals surface area contributed by atoms with Gasteiger partial charge in [-0.2, -0.15) is 0 Å². The average Bonchev–Trinajstić information content (AvgIpc) is 2.72. The second-order valence-corrected chi connectivity index (χ2v) is 5.10. The van der Waals surface area contributed by atoms with Crippen molar-refractivity contribution in [2.24, 2.45) is 0 Å². The van der Waals surface area contributed by atoms with Crippen LogP contribution >= 0.6 is 27.5 Å². The summed E-state index contributed by atoms with van der Waals surface area (Å²) < 4.78 is 2.87. The van der Waals surface area contributed by atoms with E-state index in [0.29, 0.717) is 16.6 Å². The van der Waals surface area contributed by atoms with Crippen molar-refractivity contribution in [3.8, 4) is 5.69 Å². The molecule has 1 aromatic carbocycles. The molecule has 0 unspecified atom stereocenters. The minimum absolute atomic E-state index is 0.412. The number of hydrogen-bond donors (Lipinski definition) is 0. The lowest BCUT2D eigenvalue weighted by Gasteiger charge is -2.05. The fraction of sp³-hybridized carbons (Fsp3) is 0.0833. The van der Waals surface area contributed by atoms with Gasteiger partial charge in [-0.15, -0.1) is 0 Å². The largest absolute Gasteiger partial charge is 0.295 e. The number of hydrogen-bond acceptors (Lipinski definition) is 3. The molecule has 6 heteroatoms. The number of benzene rings is 1. The van der Waals surface area contributed by atoms with Crippen LogP contribution in [0.25, 0.3) is 16.9 Å². The van der Waals surface area contributed by atoms with Gasteiger partial charge in [0.15, 0.2) is 10.8 Å². The summed E-state index contributed by atoms with van der Waals surface area (Å²) in [5.41, 5.74) is 2.29. The highest BCUT2D eigenvalue weighted by Crippen LogP contribution is 2.24. The summed E-state index contributed by atoms with van der Waals surface area (Å²) in [5, 5.41) is 0.412. The van der Waals surface area contributed by atoms with E-state index in [9.17, 15) is 0 Å². The highest BCUT2D eigenvalue weighted by molar-refractivity contribution is 9.10. The van der Waals surface area contributed by atoms with Gasteiger partial charge in [-0.05, 0) is 25.1 Å². The zero-order chi connectivity index (χ0) is 12.7. The maximum atomic E-state index is 6.17. The standard InChI is InChI=1S/C12H8BrClN4/c1-7-16-11(14)10-12(17-7)15-6-18(10)9-4-2-3-8(13)5-9/h2-6H,1H3. The number of aryl methyl sites for hydroxylation is 1. The molecular formula is C12H8BrClN4. The molecular weight excluding hydrogens is 316 g/mol. The monoisotopic (exact) mass is 322 g/mol. The Bertz CT molecular complexity index is 738. The highest BCUT2D eigenvalue weighted by Gasteiger charge is 2.11. The van der Waals surface area contributed by atoms with Crippen molar-refractivity contribution in [3.63, 3.8) is 0 Å². The van der Waals surface area contributed by atoms with Crippen LogP contribution in [-0.4, -0.2) is 19.5 Å². The van der Waals surface area contributed by atoms with Gasteiger partial charge in [0.25, 0.3) is 0 Å². The first-order chi connectivity index (χ1) is 8.65. The van der Waals surface area contributed by atoms with Crippen LogP contribution in [0.3, 0.4) is 0 Å². The number of fused-ring (bicyclic) bond motifs is 1. The quantitative estimate of drug-likeness (QED) is 0.643. The molecule has 0 bridgehead atoms. The summed E-state index contributed by atoms with van der Waals surface area (Å²) in [4.78, 5) is 12.7. The van der Waals surface area contributed by atoms with Crippen molar-refractivity contribution in [2.45, 2.75) is 6.92 Å². The molecule has 0 aliphatic carbocycles. The van der Waals surface area contributed by atoms with Crippen LogP contribution in [0.2, 0.25) is 5.15 Å². The third kappa shape index (κ3) is 1.89. The van der Waals surface area contributed by atoms with E-state index in [4.69, 9.17) is 11.6 Å². The SMILES string of the molecule is Cc1nc(Cl)c2c(ncn2-c2cccc(Br)c2)n1. The highest BCUT2D eigenvalue weighted by atomic mass is 79.9. The fourth-order valence-electron chi connectivity index (χ4n) is 1.81. The van der Waals surface area contributed by atoms with Crippen LogP contribution in [0.4, 0.5) is 0 Å². The Kier molecular flexibility index (Phi) is 2.80. The van der Waals surface area contributed by atoms with Crippen LogP contribution in [0, 0.1) is 6.92 Å². The molecule has 0 atom stereocenters. The molecule has 0 saturated heterocycles. The lowest BCUT2D eigenvalue weighted by atomic mass is 10.3. The Morgan fingerprint density at radius 2 is 2.11 bits per heavy atom. The third-order valence-electron chi connectivity index (χ3n) is 2.56. The van der Waals surface area contributed by atoms with E-state index in [0.717, 1.165) is 15.7 Å². The van der Waals surface area contributed by atoms with E-state index in [1.165, 1.54) is 0 Å². The summed E-state index contributed by atoms with van der Waals surface area (Å²) in [6.45, 7) is 1.80. The van der Waals surface area contributed by atoms with E-state index in [1.807, 2.05) is 28.8 Å². The van der Waals surface area contributed by atoms with Crippen LogP contribution in [-0.2, 0) is 0 Å². The first-order valence-electron chi connectivity index (χ1n) is 5.28. The van der Waals surface area contributed by atoms with Gasteiger partial charge >= 0.3 is 0 Å². The topological polar surface area (TPSA) is 43.6 Å². The maximum Gasteiger partial charge on any atom is 0.182 e. The molecule has 3 rings (SSSR count). The predicted molar refractivity (Wildman–Crippen MR) is 74.1 cm³/mol. The van der Waals surface area contributed by atoms with Gasteiger partial charge in [0.2, 0.25) is 0 Å². The molecule has 4 nitrogen and oxygen atoms in total. The molecule has 0 amide bonds. The molecule has 0 N–H and O–H groups in total. The Hall–Kier alpha value is -1.46. The van der Waals surface area contributed by atoms with Gasteiger partial charge < -0.3 is 0 Å². The minimum atomic E-state index is 0.412. The van der Waals surface area contributed by atoms with Crippen molar-refractivity contribution >= 4 is 38.7 Å². The van der Waals surface area contributed by atoms with Gasteiger partial charge in [0, 0.05) is 10.2 Å². The lowest BCUT2D eigenvalue weighted by molar-refractivity contribution is 1.06. The maximum absolute atomic E-state index is 6.17. The Morgan fingerprint density at radius 1 is 1.28 bits per heavy atom. The van der Waals surface area contributed by atoms with Crippen molar-refractivity contribution in [1.29, 1.82) is 0 Å². The third-order valence-corrected chi connectivity index (χ3v) is 3.31. The Morgan fingerprint density at radius 3 is 2.89 bits per heavy atom. The molecule has 0 fully saturated rings. The van der Waals surface area contributed by atoms with Gasteiger partial charge in [0.1, 0.15) is 17.7 Å². The minimum Gasteiger partial charge on any atom is -0.295 e. The van der Waals surface area contributed by atoms with E-state index < -0.39 is 0 Å². The molecule has 0 spiro atoms. The Balaban J connectivity index is 2.31. The summed E-state index contributed by atoms with van der Waals surface area (Å²) in [6, 6.07) is 7.87. The van der Waals surface area contributed by atoms with Crippen molar-refractivity contribution in [3.05, 3.63) is 46.0 Å². The molecule has 0 saturated carbocycles. The first kappa shape index (κ1) is 11.6. The van der Waals surface area contributed by atoms with Crippen molar-refractivity contribution in [1.82, 2.24) is 19.5 Å². The molecule has 0 aliphatic heterocycles.